The molecular formula is C23H24FN5O3. The molecule has 8 nitrogen and oxygen atoms in total. The molecule has 0 spiro atoms. The molecule has 1 fully saturated rings. The van der Waals surface area contributed by atoms with E-state index in [1.165, 1.54) is 6.07 Å². The van der Waals surface area contributed by atoms with E-state index in [0.717, 1.165) is 0 Å². The standard InChI is InChI=1S/C23H24FN5O3/c24-20-15-19(4-5-21(20)29-10-12-32-13-11-29)27-23(31)17-2-1-3-18(14-17)26-22(30)6-8-28-9-7-25-16-28/h1-5,7,9,14-16H,6,8,10-13H2,(H,26,30)(H,27,31). The molecule has 1 aliphatic heterocycles. The zero-order chi connectivity index (χ0) is 22.3. The number of imidazole rings is 1. The molecular weight excluding hydrogens is 413 g/mol. The van der Waals surface area contributed by atoms with Crippen molar-refractivity contribution in [1.82, 2.24) is 9.55 Å². The van der Waals surface area contributed by atoms with Crippen LogP contribution in [0.15, 0.2) is 61.2 Å². The normalized spacial score (nSPS) is 13.6. The SMILES string of the molecule is O=C(CCn1ccnc1)Nc1cccc(C(=O)Nc2ccc(N3CCOCC3)c(F)c2)c1. The quantitative estimate of drug-likeness (QED) is 0.593. The van der Waals surface area contributed by atoms with Gasteiger partial charge >= 0.3 is 0 Å². The number of nitrogens with one attached hydrogen (secondary N) is 2. The molecule has 1 aliphatic rings. The summed E-state index contributed by atoms with van der Waals surface area (Å²) < 4.78 is 21.7. The lowest BCUT2D eigenvalue weighted by atomic mass is 10.1. The molecule has 0 atom stereocenters. The highest BCUT2D eigenvalue weighted by Crippen LogP contribution is 2.24. The van der Waals surface area contributed by atoms with Gasteiger partial charge in [-0.05, 0) is 36.4 Å². The third kappa shape index (κ3) is 5.50. The van der Waals surface area contributed by atoms with Crippen LogP contribution in [0, 0.1) is 5.82 Å². The number of benzene rings is 2. The van der Waals surface area contributed by atoms with Crippen molar-refractivity contribution in [3.8, 4) is 0 Å². The smallest absolute Gasteiger partial charge is 0.255 e. The first kappa shape index (κ1) is 21.5. The number of hydrogen-bond donors (Lipinski definition) is 2. The van der Waals surface area contributed by atoms with Gasteiger partial charge in [-0.2, -0.15) is 0 Å². The minimum absolute atomic E-state index is 0.169. The van der Waals surface area contributed by atoms with Crippen molar-refractivity contribution in [2.24, 2.45) is 0 Å². The monoisotopic (exact) mass is 437 g/mol. The number of halogens is 1. The second kappa shape index (κ2) is 10.1. The number of rotatable bonds is 7. The summed E-state index contributed by atoms with van der Waals surface area (Å²) in [5.74, 6) is -0.960. The summed E-state index contributed by atoms with van der Waals surface area (Å²) >= 11 is 0. The van der Waals surface area contributed by atoms with Crippen molar-refractivity contribution in [2.75, 3.05) is 41.8 Å². The van der Waals surface area contributed by atoms with Crippen LogP contribution in [0.3, 0.4) is 0 Å². The molecule has 32 heavy (non-hydrogen) atoms. The number of carbonyl (C=O) groups excluding carboxylic acids is 2. The molecule has 2 amide bonds. The fourth-order valence-corrected chi connectivity index (χ4v) is 3.46. The summed E-state index contributed by atoms with van der Waals surface area (Å²) in [7, 11) is 0. The van der Waals surface area contributed by atoms with Crippen LogP contribution in [0.4, 0.5) is 21.5 Å². The lowest BCUT2D eigenvalue weighted by molar-refractivity contribution is -0.116. The van der Waals surface area contributed by atoms with Gasteiger partial charge in [0.2, 0.25) is 5.91 Å². The van der Waals surface area contributed by atoms with Crippen LogP contribution in [0.1, 0.15) is 16.8 Å². The maximum absolute atomic E-state index is 14.6. The van der Waals surface area contributed by atoms with Gasteiger partial charge in [-0.25, -0.2) is 9.37 Å². The molecule has 4 rings (SSSR count). The van der Waals surface area contributed by atoms with Gasteiger partial charge < -0.3 is 24.8 Å². The Morgan fingerprint density at radius 2 is 1.88 bits per heavy atom. The van der Waals surface area contributed by atoms with Crippen molar-refractivity contribution >= 4 is 28.9 Å². The Morgan fingerprint density at radius 1 is 1.06 bits per heavy atom. The number of nitrogens with zero attached hydrogens (tertiary/aromatic N) is 3. The highest BCUT2D eigenvalue weighted by Gasteiger charge is 2.16. The summed E-state index contributed by atoms with van der Waals surface area (Å²) in [5.41, 5.74) is 1.73. The van der Waals surface area contributed by atoms with Crippen molar-refractivity contribution < 1.29 is 18.7 Å². The molecule has 2 aromatic carbocycles. The fraction of sp³-hybridized carbons (Fsp3) is 0.261. The minimum Gasteiger partial charge on any atom is -0.378 e. The van der Waals surface area contributed by atoms with E-state index in [1.54, 1.807) is 55.1 Å². The highest BCUT2D eigenvalue weighted by molar-refractivity contribution is 6.05. The predicted octanol–water partition coefficient (Wildman–Crippen LogP) is 3.14. The first-order chi connectivity index (χ1) is 15.6. The molecule has 9 heteroatoms. The summed E-state index contributed by atoms with van der Waals surface area (Å²) in [6.45, 7) is 2.90. The molecule has 0 radical (unpaired) electrons. The zero-order valence-corrected chi connectivity index (χ0v) is 17.5. The van der Waals surface area contributed by atoms with Gasteiger partial charge in [-0.3, -0.25) is 9.59 Å². The Balaban J connectivity index is 1.36. The second-order valence-corrected chi connectivity index (χ2v) is 7.40. The maximum Gasteiger partial charge on any atom is 0.255 e. The summed E-state index contributed by atoms with van der Waals surface area (Å²) in [6.07, 6.45) is 5.37. The Labute approximate surface area is 185 Å². The van der Waals surface area contributed by atoms with E-state index in [4.69, 9.17) is 4.74 Å². The second-order valence-electron chi connectivity index (χ2n) is 7.40. The Hall–Kier alpha value is -3.72. The van der Waals surface area contributed by atoms with E-state index in [1.807, 2.05) is 9.47 Å². The Kier molecular flexibility index (Phi) is 6.76. The van der Waals surface area contributed by atoms with Crippen LogP contribution in [-0.2, 0) is 16.1 Å². The molecule has 0 saturated carbocycles. The number of ether oxygens (including phenoxy) is 1. The van der Waals surface area contributed by atoms with E-state index in [0.29, 0.717) is 55.5 Å². The van der Waals surface area contributed by atoms with Gasteiger partial charge in [0.1, 0.15) is 5.82 Å². The third-order valence-electron chi connectivity index (χ3n) is 5.12. The molecule has 166 valence electrons. The molecule has 1 aromatic heterocycles. The van der Waals surface area contributed by atoms with Crippen molar-refractivity contribution in [1.29, 1.82) is 0 Å². The van der Waals surface area contributed by atoms with Gasteiger partial charge in [-0.1, -0.05) is 6.07 Å². The zero-order valence-electron chi connectivity index (χ0n) is 17.5. The topological polar surface area (TPSA) is 88.5 Å². The van der Waals surface area contributed by atoms with E-state index >= 15 is 0 Å². The fourth-order valence-electron chi connectivity index (χ4n) is 3.46. The molecule has 2 N–H and O–H groups in total. The summed E-state index contributed by atoms with van der Waals surface area (Å²) in [6, 6.07) is 11.3. The van der Waals surface area contributed by atoms with Gasteiger partial charge in [-0.15, -0.1) is 0 Å². The molecule has 3 aromatic rings. The summed E-state index contributed by atoms with van der Waals surface area (Å²) in [4.78, 5) is 30.7. The van der Waals surface area contributed by atoms with Crippen molar-refractivity contribution in [2.45, 2.75) is 13.0 Å². The molecule has 0 aliphatic carbocycles. The van der Waals surface area contributed by atoms with Crippen LogP contribution in [0.2, 0.25) is 0 Å². The number of anilines is 3. The lowest BCUT2D eigenvalue weighted by Gasteiger charge is -2.29. The number of carbonyl (C=O) groups is 2. The number of morpholine rings is 1. The van der Waals surface area contributed by atoms with Crippen LogP contribution < -0.4 is 15.5 Å². The number of aromatic nitrogens is 2. The van der Waals surface area contributed by atoms with Gasteiger partial charge in [0, 0.05) is 55.4 Å². The van der Waals surface area contributed by atoms with E-state index in [2.05, 4.69) is 15.6 Å². The van der Waals surface area contributed by atoms with E-state index < -0.39 is 11.7 Å². The first-order valence-electron chi connectivity index (χ1n) is 10.4. The molecule has 0 unspecified atom stereocenters. The van der Waals surface area contributed by atoms with Gasteiger partial charge in [0.15, 0.2) is 0 Å². The Bertz CT molecular complexity index is 1080. The predicted molar refractivity (Wildman–Crippen MR) is 119 cm³/mol. The lowest BCUT2D eigenvalue weighted by Crippen LogP contribution is -2.36. The molecule has 2 heterocycles. The molecule has 0 bridgehead atoms. The highest BCUT2D eigenvalue weighted by atomic mass is 19.1. The van der Waals surface area contributed by atoms with E-state index in [9.17, 15) is 14.0 Å². The van der Waals surface area contributed by atoms with Gasteiger partial charge in [0.25, 0.3) is 5.91 Å². The van der Waals surface area contributed by atoms with Crippen molar-refractivity contribution in [3.05, 3.63) is 72.6 Å². The largest absolute Gasteiger partial charge is 0.378 e. The third-order valence-corrected chi connectivity index (χ3v) is 5.12. The van der Waals surface area contributed by atoms with Crippen LogP contribution in [0.5, 0.6) is 0 Å². The number of amides is 2. The van der Waals surface area contributed by atoms with E-state index in [-0.39, 0.29) is 12.3 Å². The first-order valence-corrected chi connectivity index (χ1v) is 10.4. The van der Waals surface area contributed by atoms with Crippen molar-refractivity contribution in [3.63, 3.8) is 0 Å². The average Bonchev–Trinajstić information content (AvgIpc) is 3.32. The average molecular weight is 437 g/mol. The Morgan fingerprint density at radius 3 is 2.62 bits per heavy atom. The maximum atomic E-state index is 14.6. The molecule has 1 saturated heterocycles. The van der Waals surface area contributed by atoms with Crippen LogP contribution >= 0.6 is 0 Å². The number of hydrogen-bond acceptors (Lipinski definition) is 5. The minimum atomic E-state index is -0.399. The van der Waals surface area contributed by atoms with Crippen LogP contribution in [-0.4, -0.2) is 47.7 Å². The number of aryl methyl sites for hydroxylation is 1. The van der Waals surface area contributed by atoms with Crippen LogP contribution in [0.25, 0.3) is 0 Å². The van der Waals surface area contributed by atoms with Gasteiger partial charge in [0.05, 0.1) is 25.2 Å². The summed E-state index contributed by atoms with van der Waals surface area (Å²) in [5, 5.41) is 5.50.